The van der Waals surface area contributed by atoms with Crippen LogP contribution in [0.1, 0.15) is 51.1 Å². The summed E-state index contributed by atoms with van der Waals surface area (Å²) in [6, 6.07) is 8.11. The largest absolute Gasteiger partial charge is 0.367 e. The van der Waals surface area contributed by atoms with Gasteiger partial charge in [0.15, 0.2) is 0 Å². The van der Waals surface area contributed by atoms with Crippen molar-refractivity contribution < 1.29 is 0 Å². The van der Waals surface area contributed by atoms with Gasteiger partial charge in [0.2, 0.25) is 0 Å². The lowest BCUT2D eigenvalue weighted by molar-refractivity contribution is 0.597. The van der Waals surface area contributed by atoms with Gasteiger partial charge in [-0.25, -0.2) is 0 Å². The van der Waals surface area contributed by atoms with Gasteiger partial charge in [-0.2, -0.15) is 0 Å². The second-order valence-electron chi connectivity index (χ2n) is 6.32. The minimum atomic E-state index is 0.420. The van der Waals surface area contributed by atoms with Crippen LogP contribution >= 0.6 is 15.9 Å². The molecule has 2 fully saturated rings. The topological polar surface area (TPSA) is 15.3 Å². The number of nitrogens with zero attached hydrogens (tertiary/aromatic N) is 1. The average Bonchev–Trinajstić information content (AvgIpc) is 3.29. The zero-order valence-electron chi connectivity index (χ0n) is 12.5. The number of nitrogens with one attached hydrogen (secondary N) is 1. The fraction of sp³-hybridized carbons (Fsp3) is 0.647. The average molecular weight is 337 g/mol. The molecule has 1 unspecified atom stereocenters. The summed E-state index contributed by atoms with van der Waals surface area (Å²) in [5, 5.41) is 3.48. The number of hydrogen-bond acceptors (Lipinski definition) is 2. The maximum Gasteiger partial charge on any atom is 0.0513 e. The third-order valence-corrected chi connectivity index (χ3v) is 5.07. The smallest absolute Gasteiger partial charge is 0.0513 e. The first-order valence-corrected chi connectivity index (χ1v) is 8.77. The number of benzene rings is 1. The van der Waals surface area contributed by atoms with Crippen LogP contribution in [0, 0.1) is 5.92 Å². The predicted octanol–water partition coefficient (Wildman–Crippen LogP) is 4.50. The van der Waals surface area contributed by atoms with Crippen molar-refractivity contribution in [2.75, 3.05) is 18.0 Å². The third kappa shape index (κ3) is 3.37. The van der Waals surface area contributed by atoms with E-state index in [4.69, 9.17) is 0 Å². The molecule has 0 amide bonds. The predicted molar refractivity (Wildman–Crippen MR) is 89.3 cm³/mol. The highest BCUT2D eigenvalue weighted by atomic mass is 79.9. The third-order valence-electron chi connectivity index (χ3n) is 4.43. The van der Waals surface area contributed by atoms with Gasteiger partial charge in [0.1, 0.15) is 0 Å². The van der Waals surface area contributed by atoms with E-state index in [2.05, 4.69) is 58.2 Å². The van der Waals surface area contributed by atoms with Crippen LogP contribution in [0.15, 0.2) is 22.7 Å². The van der Waals surface area contributed by atoms with Gasteiger partial charge in [0.05, 0.1) is 5.69 Å². The number of hydrogen-bond donors (Lipinski definition) is 1. The van der Waals surface area contributed by atoms with Crippen molar-refractivity contribution in [2.24, 2.45) is 5.92 Å². The van der Waals surface area contributed by atoms with Crippen LogP contribution in [0.5, 0.6) is 0 Å². The normalized spacial score (nSPS) is 19.9. The molecule has 2 saturated carbocycles. The van der Waals surface area contributed by atoms with Crippen molar-refractivity contribution in [2.45, 2.75) is 51.6 Å². The number of halogens is 1. The molecule has 2 aliphatic rings. The minimum absolute atomic E-state index is 0.420. The highest BCUT2D eigenvalue weighted by Gasteiger charge is 2.34. The van der Waals surface area contributed by atoms with Gasteiger partial charge in [-0.1, -0.05) is 13.0 Å². The van der Waals surface area contributed by atoms with Crippen LogP contribution < -0.4 is 10.2 Å². The molecule has 0 heterocycles. The molecular weight excluding hydrogens is 312 g/mol. The molecular formula is C17H25BrN2. The van der Waals surface area contributed by atoms with E-state index in [9.17, 15) is 0 Å². The lowest BCUT2D eigenvalue weighted by Gasteiger charge is -2.27. The van der Waals surface area contributed by atoms with E-state index in [0.29, 0.717) is 6.04 Å². The van der Waals surface area contributed by atoms with Crippen molar-refractivity contribution in [1.82, 2.24) is 5.32 Å². The van der Waals surface area contributed by atoms with Crippen molar-refractivity contribution in [3.8, 4) is 0 Å². The van der Waals surface area contributed by atoms with Gasteiger partial charge in [0.25, 0.3) is 0 Å². The van der Waals surface area contributed by atoms with E-state index < -0.39 is 0 Å². The molecule has 3 rings (SSSR count). The SMILES string of the molecule is CCNC(C)c1ccc(N(CC2CC2)C2CC2)c(Br)c1. The molecule has 0 saturated heterocycles. The summed E-state index contributed by atoms with van der Waals surface area (Å²) in [5.74, 6) is 0.947. The van der Waals surface area contributed by atoms with Gasteiger partial charge in [-0.3, -0.25) is 0 Å². The molecule has 0 radical (unpaired) electrons. The van der Waals surface area contributed by atoms with Gasteiger partial charge in [-0.15, -0.1) is 0 Å². The maximum absolute atomic E-state index is 3.80. The molecule has 1 aromatic rings. The Kier molecular flexibility index (Phi) is 4.37. The molecule has 0 aliphatic heterocycles. The summed E-state index contributed by atoms with van der Waals surface area (Å²) in [4.78, 5) is 2.64. The lowest BCUT2D eigenvalue weighted by Crippen LogP contribution is -2.28. The van der Waals surface area contributed by atoms with Crippen LogP contribution in [-0.2, 0) is 0 Å². The quantitative estimate of drug-likeness (QED) is 0.788. The Morgan fingerprint density at radius 2 is 2.05 bits per heavy atom. The molecule has 0 bridgehead atoms. The summed E-state index contributed by atoms with van der Waals surface area (Å²) in [6.45, 7) is 6.65. The highest BCUT2D eigenvalue weighted by Crippen LogP contribution is 2.40. The van der Waals surface area contributed by atoms with Crippen LogP contribution in [0.4, 0.5) is 5.69 Å². The van der Waals surface area contributed by atoms with Crippen LogP contribution in [0.25, 0.3) is 0 Å². The second-order valence-corrected chi connectivity index (χ2v) is 7.17. The van der Waals surface area contributed by atoms with E-state index >= 15 is 0 Å². The van der Waals surface area contributed by atoms with Crippen LogP contribution in [-0.4, -0.2) is 19.1 Å². The zero-order chi connectivity index (χ0) is 14.1. The van der Waals surface area contributed by atoms with Crippen molar-refractivity contribution in [1.29, 1.82) is 0 Å². The van der Waals surface area contributed by atoms with E-state index in [1.54, 1.807) is 0 Å². The van der Waals surface area contributed by atoms with Crippen molar-refractivity contribution in [3.05, 3.63) is 28.2 Å². The Hall–Kier alpha value is -0.540. The molecule has 2 aliphatic carbocycles. The molecule has 1 atom stereocenters. The molecule has 2 nitrogen and oxygen atoms in total. The fourth-order valence-electron chi connectivity index (χ4n) is 2.86. The Bertz CT molecular complexity index is 466. The van der Waals surface area contributed by atoms with Gasteiger partial charge in [-0.05, 0) is 78.7 Å². The first kappa shape index (κ1) is 14.4. The van der Waals surface area contributed by atoms with Crippen LogP contribution in [0.2, 0.25) is 0 Å². The van der Waals surface area contributed by atoms with Gasteiger partial charge in [0, 0.05) is 23.1 Å². The number of rotatable bonds is 7. The van der Waals surface area contributed by atoms with E-state index in [-0.39, 0.29) is 0 Å². The summed E-state index contributed by atoms with van der Waals surface area (Å²) >= 11 is 3.80. The summed E-state index contributed by atoms with van der Waals surface area (Å²) in [5.41, 5.74) is 2.76. The molecule has 0 spiro atoms. The molecule has 110 valence electrons. The second kappa shape index (κ2) is 6.07. The first-order valence-electron chi connectivity index (χ1n) is 7.98. The van der Waals surface area contributed by atoms with E-state index in [1.807, 2.05) is 0 Å². The standard InChI is InChI=1S/C17H25BrN2/c1-3-19-12(2)14-6-9-17(16(18)10-14)20(15-7-8-15)11-13-4-5-13/h6,9-10,12-13,15,19H,3-5,7-8,11H2,1-2H3. The Balaban J connectivity index is 1.77. The number of anilines is 1. The van der Waals surface area contributed by atoms with Crippen molar-refractivity contribution in [3.63, 3.8) is 0 Å². The zero-order valence-corrected chi connectivity index (χ0v) is 14.1. The molecule has 1 N–H and O–H groups in total. The molecule has 3 heteroatoms. The van der Waals surface area contributed by atoms with Crippen molar-refractivity contribution >= 4 is 21.6 Å². The molecule has 1 aromatic carbocycles. The monoisotopic (exact) mass is 336 g/mol. The summed E-state index contributed by atoms with van der Waals surface area (Å²) in [6.07, 6.45) is 5.59. The van der Waals surface area contributed by atoms with E-state index in [1.165, 1.54) is 48.0 Å². The highest BCUT2D eigenvalue weighted by molar-refractivity contribution is 9.10. The summed E-state index contributed by atoms with van der Waals surface area (Å²) in [7, 11) is 0. The maximum atomic E-state index is 3.80. The summed E-state index contributed by atoms with van der Waals surface area (Å²) < 4.78 is 1.26. The lowest BCUT2D eigenvalue weighted by atomic mass is 10.1. The molecule has 0 aromatic heterocycles. The Morgan fingerprint density at radius 3 is 2.60 bits per heavy atom. The van der Waals surface area contributed by atoms with Crippen LogP contribution in [0.3, 0.4) is 0 Å². The molecule has 20 heavy (non-hydrogen) atoms. The van der Waals surface area contributed by atoms with E-state index in [0.717, 1.165) is 18.5 Å². The van der Waals surface area contributed by atoms with Gasteiger partial charge < -0.3 is 10.2 Å². The van der Waals surface area contributed by atoms with Gasteiger partial charge >= 0.3 is 0 Å². The minimum Gasteiger partial charge on any atom is -0.367 e. The fourth-order valence-corrected chi connectivity index (χ4v) is 3.48. The first-order chi connectivity index (χ1) is 9.69. The Labute approximate surface area is 131 Å². The Morgan fingerprint density at radius 1 is 1.30 bits per heavy atom.